The van der Waals surface area contributed by atoms with E-state index in [0.29, 0.717) is 23.5 Å². The molecule has 2 aromatic rings. The predicted octanol–water partition coefficient (Wildman–Crippen LogP) is 2.75. The van der Waals surface area contributed by atoms with Crippen LogP contribution in [0.15, 0.2) is 36.4 Å². The van der Waals surface area contributed by atoms with E-state index in [1.165, 1.54) is 4.90 Å². The fourth-order valence-corrected chi connectivity index (χ4v) is 3.10. The predicted molar refractivity (Wildman–Crippen MR) is 92.9 cm³/mol. The van der Waals surface area contributed by atoms with E-state index in [2.05, 4.69) is 18.2 Å². The van der Waals surface area contributed by atoms with E-state index >= 15 is 0 Å². The number of hydrogen-bond donors (Lipinski definition) is 1. The van der Waals surface area contributed by atoms with E-state index in [9.17, 15) is 4.79 Å². The van der Waals surface area contributed by atoms with Crippen LogP contribution in [0.3, 0.4) is 0 Å². The summed E-state index contributed by atoms with van der Waals surface area (Å²) in [4.78, 5) is 14.2. The van der Waals surface area contributed by atoms with E-state index in [4.69, 9.17) is 15.7 Å². The maximum absolute atomic E-state index is 12.8. The molecule has 0 spiro atoms. The molecule has 1 unspecified atom stereocenters. The van der Waals surface area contributed by atoms with Gasteiger partial charge in [-0.1, -0.05) is 29.3 Å². The van der Waals surface area contributed by atoms with Gasteiger partial charge in [-0.2, -0.15) is 5.26 Å². The number of aryl methyl sites for hydroxylation is 2. The average Bonchev–Trinajstić information content (AvgIpc) is 2.51. The van der Waals surface area contributed by atoms with Crippen molar-refractivity contribution in [2.75, 3.05) is 17.2 Å². The maximum Gasteiger partial charge on any atom is 0.269 e. The van der Waals surface area contributed by atoms with Crippen LogP contribution in [0.1, 0.15) is 16.7 Å². The highest BCUT2D eigenvalue weighted by Gasteiger charge is 2.34. The Bertz CT molecular complexity index is 819. The number of amides is 1. The first-order chi connectivity index (χ1) is 11.5. The molecule has 3 rings (SSSR count). The van der Waals surface area contributed by atoms with Crippen LogP contribution in [0, 0.1) is 25.2 Å². The van der Waals surface area contributed by atoms with Crippen LogP contribution in [0.4, 0.5) is 11.4 Å². The van der Waals surface area contributed by atoms with Crippen LogP contribution in [0.2, 0.25) is 0 Å². The number of fused-ring (bicyclic) bond motifs is 1. The van der Waals surface area contributed by atoms with Gasteiger partial charge in [0.25, 0.3) is 5.91 Å². The Morgan fingerprint density at radius 2 is 1.92 bits per heavy atom. The zero-order chi connectivity index (χ0) is 17.3. The second kappa shape index (κ2) is 6.25. The van der Waals surface area contributed by atoms with E-state index in [1.807, 2.05) is 19.9 Å². The monoisotopic (exact) mass is 321 g/mol. The van der Waals surface area contributed by atoms with Crippen molar-refractivity contribution in [3.8, 4) is 11.8 Å². The molecule has 2 aromatic carbocycles. The van der Waals surface area contributed by atoms with E-state index < -0.39 is 6.10 Å². The summed E-state index contributed by atoms with van der Waals surface area (Å²) in [7, 11) is 0. The number of ether oxygens (including phenoxy) is 1. The first-order valence-electron chi connectivity index (χ1n) is 7.79. The van der Waals surface area contributed by atoms with Crippen LogP contribution < -0.4 is 15.4 Å². The molecule has 5 nitrogen and oxygen atoms in total. The highest BCUT2D eigenvalue weighted by molar-refractivity contribution is 6.01. The molecule has 5 heteroatoms. The molecule has 0 saturated carbocycles. The number of nitriles is 1. The molecule has 1 amide bonds. The molecule has 1 aliphatic heterocycles. The van der Waals surface area contributed by atoms with Gasteiger partial charge in [0.2, 0.25) is 0 Å². The van der Waals surface area contributed by atoms with Crippen molar-refractivity contribution < 1.29 is 9.53 Å². The molecule has 0 aliphatic carbocycles. The lowest BCUT2D eigenvalue weighted by Gasteiger charge is -2.33. The molecule has 2 N–H and O–H groups in total. The molecule has 1 heterocycles. The van der Waals surface area contributed by atoms with Gasteiger partial charge in [-0.25, -0.2) is 0 Å². The van der Waals surface area contributed by atoms with Crippen LogP contribution in [0.5, 0.6) is 5.75 Å². The first-order valence-corrected chi connectivity index (χ1v) is 7.79. The van der Waals surface area contributed by atoms with Gasteiger partial charge in [0.05, 0.1) is 11.8 Å². The number of carbonyl (C=O) groups is 1. The van der Waals surface area contributed by atoms with Gasteiger partial charge >= 0.3 is 0 Å². The number of carbonyl (C=O) groups excluding carboxylic acids is 1. The van der Waals surface area contributed by atoms with E-state index in [0.717, 1.165) is 16.7 Å². The first kappa shape index (κ1) is 15.9. The Morgan fingerprint density at radius 3 is 2.58 bits per heavy atom. The summed E-state index contributed by atoms with van der Waals surface area (Å²) in [5, 5.41) is 9.06. The highest BCUT2D eigenvalue weighted by atomic mass is 16.5. The van der Waals surface area contributed by atoms with Gasteiger partial charge in [0.15, 0.2) is 6.10 Å². The summed E-state index contributed by atoms with van der Waals surface area (Å²) < 4.78 is 5.90. The van der Waals surface area contributed by atoms with E-state index in [1.54, 1.807) is 18.2 Å². The van der Waals surface area contributed by atoms with Crippen molar-refractivity contribution >= 4 is 17.3 Å². The zero-order valence-corrected chi connectivity index (χ0v) is 13.7. The number of nitrogens with two attached hydrogens (primary N) is 1. The smallest absolute Gasteiger partial charge is 0.269 e. The van der Waals surface area contributed by atoms with Crippen molar-refractivity contribution in [3.63, 3.8) is 0 Å². The number of benzene rings is 2. The molecular formula is C19H19N3O2. The molecule has 0 saturated heterocycles. The summed E-state index contributed by atoms with van der Waals surface area (Å²) in [6, 6.07) is 13.4. The zero-order valence-electron chi connectivity index (χ0n) is 13.7. The van der Waals surface area contributed by atoms with Crippen molar-refractivity contribution in [3.05, 3.63) is 53.1 Å². The minimum Gasteiger partial charge on any atom is -0.478 e. The minimum absolute atomic E-state index is 0.0258. The fourth-order valence-electron chi connectivity index (χ4n) is 3.10. The molecule has 1 aliphatic rings. The third kappa shape index (κ3) is 3.04. The summed E-state index contributed by atoms with van der Waals surface area (Å²) in [6.45, 7) is 4.03. The summed E-state index contributed by atoms with van der Waals surface area (Å²) in [6.07, 6.45) is -0.178. The molecular weight excluding hydrogens is 302 g/mol. The number of anilines is 2. The van der Waals surface area contributed by atoms with Gasteiger partial charge in [-0.15, -0.1) is 0 Å². The number of nitrogen functional groups attached to an aromatic ring is 1. The number of rotatable bonds is 3. The largest absolute Gasteiger partial charge is 0.478 e. The molecule has 122 valence electrons. The molecule has 0 fully saturated rings. The Hall–Kier alpha value is -3.00. The summed E-state index contributed by atoms with van der Waals surface area (Å²) in [5.74, 6) is 0.363. The highest BCUT2D eigenvalue weighted by Crippen LogP contribution is 2.36. The van der Waals surface area contributed by atoms with Crippen LogP contribution in [-0.4, -0.2) is 18.6 Å². The summed E-state index contributed by atoms with van der Waals surface area (Å²) >= 11 is 0. The lowest BCUT2D eigenvalue weighted by molar-refractivity contribution is -0.126. The quantitative estimate of drug-likeness (QED) is 0.696. The van der Waals surface area contributed by atoms with Gasteiger partial charge in [0, 0.05) is 12.1 Å². The standard InChI is InChI=1S/C19H19N3O2/c1-12-7-13(2)9-14(8-12)10-18-19(23)22(6-5-20)16-11-15(21)3-4-17(16)24-18/h3-4,7-9,11,18H,6,10,21H2,1-2H3. The van der Waals surface area contributed by atoms with Gasteiger partial charge < -0.3 is 10.5 Å². The van der Waals surface area contributed by atoms with Crippen molar-refractivity contribution in [1.82, 2.24) is 0 Å². The molecule has 0 bridgehead atoms. The Labute approximate surface area is 141 Å². The summed E-state index contributed by atoms with van der Waals surface area (Å²) in [5.41, 5.74) is 10.2. The lowest BCUT2D eigenvalue weighted by Crippen LogP contribution is -2.47. The van der Waals surface area contributed by atoms with Crippen LogP contribution in [0.25, 0.3) is 0 Å². The second-order valence-corrected chi connectivity index (χ2v) is 6.12. The maximum atomic E-state index is 12.8. The van der Waals surface area contributed by atoms with Gasteiger partial charge in [0.1, 0.15) is 12.3 Å². The average molecular weight is 321 g/mol. The number of nitrogens with zero attached hydrogens (tertiary/aromatic N) is 2. The normalized spacial score (nSPS) is 16.3. The Balaban J connectivity index is 1.94. The Kier molecular flexibility index (Phi) is 4.13. The van der Waals surface area contributed by atoms with Gasteiger partial charge in [-0.05, 0) is 37.6 Å². The Morgan fingerprint density at radius 1 is 1.21 bits per heavy atom. The minimum atomic E-state index is -0.643. The van der Waals surface area contributed by atoms with Crippen molar-refractivity contribution in [1.29, 1.82) is 5.26 Å². The molecule has 1 atom stereocenters. The van der Waals surface area contributed by atoms with Crippen LogP contribution >= 0.6 is 0 Å². The fraction of sp³-hybridized carbons (Fsp3) is 0.263. The molecule has 24 heavy (non-hydrogen) atoms. The van der Waals surface area contributed by atoms with Crippen molar-refractivity contribution in [2.45, 2.75) is 26.4 Å². The lowest BCUT2D eigenvalue weighted by atomic mass is 10.0. The number of hydrogen-bond acceptors (Lipinski definition) is 4. The third-order valence-electron chi connectivity index (χ3n) is 4.02. The SMILES string of the molecule is Cc1cc(C)cc(CC2Oc3ccc(N)cc3N(CC#N)C2=O)c1. The third-order valence-corrected chi connectivity index (χ3v) is 4.02. The van der Waals surface area contributed by atoms with Crippen LogP contribution in [-0.2, 0) is 11.2 Å². The van der Waals surface area contributed by atoms with Crippen molar-refractivity contribution in [2.24, 2.45) is 0 Å². The van der Waals surface area contributed by atoms with E-state index in [-0.39, 0.29) is 12.5 Å². The molecule has 0 aromatic heterocycles. The molecule has 0 radical (unpaired) electrons. The second-order valence-electron chi connectivity index (χ2n) is 6.12. The van der Waals surface area contributed by atoms with Gasteiger partial charge in [-0.3, -0.25) is 9.69 Å². The topological polar surface area (TPSA) is 79.3 Å².